The van der Waals surface area contributed by atoms with Crippen LogP contribution in [0.4, 0.5) is 11.5 Å². The van der Waals surface area contributed by atoms with Crippen molar-refractivity contribution in [2.75, 3.05) is 16.8 Å². The molecular formula is C18H21N3O3. The number of nitrogens with one attached hydrogen (secondary N) is 1. The molecule has 6 nitrogen and oxygen atoms in total. The second-order valence-electron chi connectivity index (χ2n) is 6.15. The van der Waals surface area contributed by atoms with Gasteiger partial charge in [-0.05, 0) is 31.4 Å². The Bertz CT molecular complexity index is 782. The molecule has 1 fully saturated rings. The second-order valence-corrected chi connectivity index (χ2v) is 6.15. The molecule has 1 atom stereocenters. The van der Waals surface area contributed by atoms with E-state index >= 15 is 0 Å². The number of aryl methyl sites for hydroxylation is 3. The summed E-state index contributed by atoms with van der Waals surface area (Å²) in [5.74, 6) is 0.399. The van der Waals surface area contributed by atoms with E-state index in [0.717, 1.165) is 23.2 Å². The zero-order valence-corrected chi connectivity index (χ0v) is 14.1. The summed E-state index contributed by atoms with van der Waals surface area (Å²) in [6.07, 6.45) is 1.05. The molecule has 0 bridgehead atoms. The molecule has 6 heteroatoms. The van der Waals surface area contributed by atoms with Gasteiger partial charge in [-0.2, -0.15) is 0 Å². The molecule has 2 aromatic rings. The van der Waals surface area contributed by atoms with Crippen LogP contribution in [0, 0.1) is 19.8 Å². The molecule has 0 radical (unpaired) electrons. The van der Waals surface area contributed by atoms with Crippen molar-refractivity contribution in [3.8, 4) is 0 Å². The number of aromatic nitrogens is 1. The van der Waals surface area contributed by atoms with Gasteiger partial charge in [-0.1, -0.05) is 30.3 Å². The van der Waals surface area contributed by atoms with Gasteiger partial charge in [0.05, 0.1) is 5.92 Å². The van der Waals surface area contributed by atoms with Crippen molar-refractivity contribution in [2.45, 2.75) is 33.6 Å². The number of anilines is 2. The fourth-order valence-electron chi connectivity index (χ4n) is 3.14. The standard InChI is InChI=1S/C18H21N3O3/c1-4-13-7-5-6-11(2)17(13)21-10-14(9-16(21)22)18(23)19-15-8-12(3)24-20-15/h5-8,14H,4,9-10H2,1-3H3,(H,19,20,23). The number of carbonyl (C=O) groups is 2. The third-order valence-electron chi connectivity index (χ3n) is 4.35. The highest BCUT2D eigenvalue weighted by Crippen LogP contribution is 2.32. The van der Waals surface area contributed by atoms with Gasteiger partial charge < -0.3 is 14.7 Å². The fraction of sp³-hybridized carbons (Fsp3) is 0.389. The zero-order chi connectivity index (χ0) is 17.3. The van der Waals surface area contributed by atoms with E-state index in [1.807, 2.05) is 25.1 Å². The van der Waals surface area contributed by atoms with Crippen LogP contribution in [-0.4, -0.2) is 23.5 Å². The summed E-state index contributed by atoms with van der Waals surface area (Å²) in [5.41, 5.74) is 3.12. The molecule has 1 N–H and O–H groups in total. The minimum Gasteiger partial charge on any atom is -0.360 e. The van der Waals surface area contributed by atoms with Gasteiger partial charge in [0.25, 0.3) is 0 Å². The van der Waals surface area contributed by atoms with Crippen molar-refractivity contribution in [3.05, 3.63) is 41.2 Å². The van der Waals surface area contributed by atoms with Crippen LogP contribution in [-0.2, 0) is 16.0 Å². The lowest BCUT2D eigenvalue weighted by molar-refractivity contribution is -0.122. The number of amides is 2. The van der Waals surface area contributed by atoms with Crippen LogP contribution >= 0.6 is 0 Å². The van der Waals surface area contributed by atoms with E-state index in [9.17, 15) is 9.59 Å². The molecule has 2 heterocycles. The van der Waals surface area contributed by atoms with E-state index in [1.165, 1.54) is 0 Å². The maximum absolute atomic E-state index is 12.5. The predicted molar refractivity (Wildman–Crippen MR) is 90.9 cm³/mol. The summed E-state index contributed by atoms with van der Waals surface area (Å²) in [7, 11) is 0. The predicted octanol–water partition coefficient (Wildman–Crippen LogP) is 2.85. The van der Waals surface area contributed by atoms with Crippen LogP contribution in [0.1, 0.15) is 30.2 Å². The average molecular weight is 327 g/mol. The number of nitrogens with zero attached hydrogens (tertiary/aromatic N) is 2. The van der Waals surface area contributed by atoms with Crippen molar-refractivity contribution >= 4 is 23.3 Å². The van der Waals surface area contributed by atoms with E-state index in [0.29, 0.717) is 18.1 Å². The average Bonchev–Trinajstić information content (AvgIpc) is 3.13. The van der Waals surface area contributed by atoms with Crippen LogP contribution in [0.5, 0.6) is 0 Å². The van der Waals surface area contributed by atoms with Gasteiger partial charge in [0, 0.05) is 24.7 Å². The third kappa shape index (κ3) is 3.04. The lowest BCUT2D eigenvalue weighted by Gasteiger charge is -2.22. The lowest BCUT2D eigenvalue weighted by Crippen LogP contribution is -2.29. The van der Waals surface area contributed by atoms with E-state index in [4.69, 9.17) is 4.52 Å². The molecule has 1 aromatic carbocycles. The number of para-hydroxylation sites is 1. The Kier molecular flexibility index (Phi) is 4.38. The first-order valence-electron chi connectivity index (χ1n) is 8.12. The summed E-state index contributed by atoms with van der Waals surface area (Å²) in [6, 6.07) is 7.67. The molecule has 0 saturated carbocycles. The summed E-state index contributed by atoms with van der Waals surface area (Å²) in [4.78, 5) is 26.6. The zero-order valence-electron chi connectivity index (χ0n) is 14.1. The van der Waals surface area contributed by atoms with Gasteiger partial charge in [-0.3, -0.25) is 9.59 Å². The number of hydrogen-bond acceptors (Lipinski definition) is 4. The molecule has 0 aliphatic carbocycles. The summed E-state index contributed by atoms with van der Waals surface area (Å²) in [5, 5.41) is 6.48. The number of hydrogen-bond donors (Lipinski definition) is 1. The number of benzene rings is 1. The lowest BCUT2D eigenvalue weighted by atomic mass is 10.0. The van der Waals surface area contributed by atoms with E-state index in [1.54, 1.807) is 17.9 Å². The number of rotatable bonds is 4. The van der Waals surface area contributed by atoms with E-state index in [-0.39, 0.29) is 24.2 Å². The normalized spacial score (nSPS) is 17.4. The highest BCUT2D eigenvalue weighted by molar-refractivity contribution is 6.04. The van der Waals surface area contributed by atoms with Gasteiger partial charge in [0.1, 0.15) is 5.76 Å². The minimum atomic E-state index is -0.390. The Morgan fingerprint density at radius 3 is 2.88 bits per heavy atom. The summed E-state index contributed by atoms with van der Waals surface area (Å²) >= 11 is 0. The quantitative estimate of drug-likeness (QED) is 0.937. The Labute approximate surface area is 140 Å². The molecule has 24 heavy (non-hydrogen) atoms. The van der Waals surface area contributed by atoms with Crippen molar-refractivity contribution in [2.24, 2.45) is 5.92 Å². The molecule has 1 unspecified atom stereocenters. The molecule has 0 spiro atoms. The highest BCUT2D eigenvalue weighted by atomic mass is 16.5. The van der Waals surface area contributed by atoms with Crippen molar-refractivity contribution in [1.82, 2.24) is 5.16 Å². The molecule has 126 valence electrons. The fourth-order valence-corrected chi connectivity index (χ4v) is 3.14. The summed E-state index contributed by atoms with van der Waals surface area (Å²) in [6.45, 7) is 6.20. The van der Waals surface area contributed by atoms with Crippen LogP contribution in [0.15, 0.2) is 28.8 Å². The molecular weight excluding hydrogens is 306 g/mol. The first kappa shape index (κ1) is 16.2. The Morgan fingerprint density at radius 1 is 1.42 bits per heavy atom. The van der Waals surface area contributed by atoms with Gasteiger partial charge in [0.15, 0.2) is 5.82 Å². The van der Waals surface area contributed by atoms with Crippen molar-refractivity contribution in [1.29, 1.82) is 0 Å². The first-order valence-corrected chi connectivity index (χ1v) is 8.12. The van der Waals surface area contributed by atoms with Crippen molar-refractivity contribution in [3.63, 3.8) is 0 Å². The SMILES string of the molecule is CCc1cccc(C)c1N1CC(C(=O)Nc2cc(C)on2)CC1=O. The van der Waals surface area contributed by atoms with Gasteiger partial charge >= 0.3 is 0 Å². The van der Waals surface area contributed by atoms with Crippen LogP contribution in [0.25, 0.3) is 0 Å². The summed E-state index contributed by atoms with van der Waals surface area (Å²) < 4.78 is 4.94. The Hall–Kier alpha value is -2.63. The maximum atomic E-state index is 12.5. The van der Waals surface area contributed by atoms with Crippen molar-refractivity contribution < 1.29 is 14.1 Å². The minimum absolute atomic E-state index is 0.0181. The largest absolute Gasteiger partial charge is 0.360 e. The van der Waals surface area contributed by atoms with Gasteiger partial charge in [0.2, 0.25) is 11.8 Å². The molecule has 2 amide bonds. The monoisotopic (exact) mass is 327 g/mol. The van der Waals surface area contributed by atoms with Crippen LogP contribution in [0.3, 0.4) is 0 Å². The van der Waals surface area contributed by atoms with Gasteiger partial charge in [-0.25, -0.2) is 0 Å². The molecule has 1 aliphatic heterocycles. The molecule has 3 rings (SSSR count). The maximum Gasteiger partial charge on any atom is 0.231 e. The molecule has 1 aromatic heterocycles. The first-order chi connectivity index (χ1) is 11.5. The van der Waals surface area contributed by atoms with E-state index in [2.05, 4.69) is 17.4 Å². The van der Waals surface area contributed by atoms with Crippen LogP contribution < -0.4 is 10.2 Å². The third-order valence-corrected chi connectivity index (χ3v) is 4.35. The second kappa shape index (κ2) is 6.47. The number of carbonyl (C=O) groups excluding carboxylic acids is 2. The molecule has 1 saturated heterocycles. The van der Waals surface area contributed by atoms with Crippen LogP contribution in [0.2, 0.25) is 0 Å². The van der Waals surface area contributed by atoms with Gasteiger partial charge in [-0.15, -0.1) is 0 Å². The topological polar surface area (TPSA) is 75.4 Å². The van der Waals surface area contributed by atoms with E-state index < -0.39 is 0 Å². The Morgan fingerprint density at radius 2 is 2.21 bits per heavy atom. The highest BCUT2D eigenvalue weighted by Gasteiger charge is 2.36. The molecule has 1 aliphatic rings. The smallest absolute Gasteiger partial charge is 0.231 e. The Balaban J connectivity index is 1.77.